The predicted octanol–water partition coefficient (Wildman–Crippen LogP) is 3.40. The minimum Gasteiger partial charge on any atom is -0.486 e. The molecule has 0 aliphatic carbocycles. The number of carboxylic acid groups (broad SMARTS) is 1. The number of rotatable bonds is 4. The van der Waals surface area contributed by atoms with E-state index >= 15 is 0 Å². The quantitative estimate of drug-likeness (QED) is 0.845. The van der Waals surface area contributed by atoms with Gasteiger partial charge in [0.1, 0.15) is 6.61 Å². The number of ether oxygens (including phenoxy) is 1. The fourth-order valence-corrected chi connectivity index (χ4v) is 1.46. The minimum atomic E-state index is -0.978. The van der Waals surface area contributed by atoms with E-state index in [1.165, 1.54) is 13.0 Å². The number of carboxylic acids is 1. The molecular formula is C11H10Cl2O3. The Balaban J connectivity index is 2.69. The lowest BCUT2D eigenvalue weighted by atomic mass is 10.3. The summed E-state index contributed by atoms with van der Waals surface area (Å²) in [6.45, 7) is 1.60. The summed E-state index contributed by atoms with van der Waals surface area (Å²) in [4.78, 5) is 10.5. The lowest BCUT2D eigenvalue weighted by Gasteiger charge is -2.07. The molecule has 1 rings (SSSR count). The maximum Gasteiger partial charge on any atom is 0.331 e. The normalized spacial score (nSPS) is 11.3. The highest BCUT2D eigenvalue weighted by molar-refractivity contribution is 6.37. The highest BCUT2D eigenvalue weighted by Crippen LogP contribution is 2.32. The van der Waals surface area contributed by atoms with E-state index in [0.29, 0.717) is 15.8 Å². The second kappa shape index (κ2) is 5.77. The average Bonchev–Trinajstić information content (AvgIpc) is 2.22. The number of benzene rings is 1. The Morgan fingerprint density at radius 2 is 2.00 bits per heavy atom. The SMILES string of the molecule is CC(=CCOc1c(Cl)cccc1Cl)C(=O)O. The third kappa shape index (κ3) is 3.43. The highest BCUT2D eigenvalue weighted by Gasteiger charge is 2.06. The molecule has 0 spiro atoms. The molecule has 0 atom stereocenters. The lowest BCUT2D eigenvalue weighted by molar-refractivity contribution is -0.132. The van der Waals surface area contributed by atoms with Gasteiger partial charge in [-0.3, -0.25) is 0 Å². The molecule has 0 unspecified atom stereocenters. The molecule has 1 N–H and O–H groups in total. The Bertz CT molecular complexity index is 407. The van der Waals surface area contributed by atoms with Gasteiger partial charge in [0.15, 0.2) is 5.75 Å². The minimum absolute atomic E-state index is 0.113. The van der Waals surface area contributed by atoms with E-state index in [-0.39, 0.29) is 12.2 Å². The zero-order chi connectivity index (χ0) is 12.1. The zero-order valence-corrected chi connectivity index (χ0v) is 10.0. The second-order valence-corrected chi connectivity index (χ2v) is 3.87. The molecule has 86 valence electrons. The standard InChI is InChI=1S/C11H10Cl2O3/c1-7(11(14)15)5-6-16-10-8(12)3-2-4-9(10)13/h2-5H,6H2,1H3,(H,14,15). The van der Waals surface area contributed by atoms with Crippen molar-refractivity contribution in [2.24, 2.45) is 0 Å². The molecule has 1 aromatic rings. The van der Waals surface area contributed by atoms with Gasteiger partial charge in [0.2, 0.25) is 0 Å². The van der Waals surface area contributed by atoms with Crippen molar-refractivity contribution in [3.05, 3.63) is 39.9 Å². The van der Waals surface area contributed by atoms with E-state index in [1.807, 2.05) is 0 Å². The molecule has 3 nitrogen and oxygen atoms in total. The Hall–Kier alpha value is -1.19. The first kappa shape index (κ1) is 12.9. The van der Waals surface area contributed by atoms with Crippen molar-refractivity contribution in [3.8, 4) is 5.75 Å². The first-order valence-corrected chi connectivity index (χ1v) is 5.25. The van der Waals surface area contributed by atoms with Gasteiger partial charge in [0, 0.05) is 5.57 Å². The lowest BCUT2D eigenvalue weighted by Crippen LogP contribution is -2.01. The molecule has 0 bridgehead atoms. The van der Waals surface area contributed by atoms with Crippen LogP contribution in [0.15, 0.2) is 29.8 Å². The van der Waals surface area contributed by atoms with Crippen LogP contribution in [0.4, 0.5) is 0 Å². The molecule has 16 heavy (non-hydrogen) atoms. The highest BCUT2D eigenvalue weighted by atomic mass is 35.5. The van der Waals surface area contributed by atoms with Crippen molar-refractivity contribution >= 4 is 29.2 Å². The Morgan fingerprint density at radius 1 is 1.44 bits per heavy atom. The van der Waals surface area contributed by atoms with Crippen molar-refractivity contribution in [2.45, 2.75) is 6.92 Å². The molecule has 0 aliphatic heterocycles. The third-order valence-corrected chi connectivity index (χ3v) is 2.47. The van der Waals surface area contributed by atoms with Crippen LogP contribution in [0, 0.1) is 0 Å². The van der Waals surface area contributed by atoms with Gasteiger partial charge in [-0.2, -0.15) is 0 Å². The van der Waals surface area contributed by atoms with Crippen LogP contribution < -0.4 is 4.74 Å². The van der Waals surface area contributed by atoms with Gasteiger partial charge >= 0.3 is 5.97 Å². The Morgan fingerprint density at radius 3 is 2.50 bits per heavy atom. The van der Waals surface area contributed by atoms with Crippen LogP contribution in [-0.2, 0) is 4.79 Å². The van der Waals surface area contributed by atoms with Gasteiger partial charge in [0.25, 0.3) is 0 Å². The fraction of sp³-hybridized carbons (Fsp3) is 0.182. The summed E-state index contributed by atoms with van der Waals surface area (Å²) < 4.78 is 5.28. The maximum absolute atomic E-state index is 10.5. The predicted molar refractivity (Wildman–Crippen MR) is 63.3 cm³/mol. The number of halogens is 2. The molecule has 1 aromatic carbocycles. The van der Waals surface area contributed by atoms with Crippen molar-refractivity contribution in [1.29, 1.82) is 0 Å². The molecule has 5 heteroatoms. The van der Waals surface area contributed by atoms with Gasteiger partial charge in [-0.05, 0) is 25.1 Å². The zero-order valence-electron chi connectivity index (χ0n) is 8.54. The first-order valence-electron chi connectivity index (χ1n) is 4.49. The molecule has 0 aromatic heterocycles. The smallest absolute Gasteiger partial charge is 0.331 e. The molecule has 0 fully saturated rings. The summed E-state index contributed by atoms with van der Waals surface area (Å²) in [5.41, 5.74) is 0.211. The fourth-order valence-electron chi connectivity index (χ4n) is 0.958. The van der Waals surface area contributed by atoms with E-state index in [2.05, 4.69) is 0 Å². The molecule has 0 radical (unpaired) electrons. The van der Waals surface area contributed by atoms with Gasteiger partial charge in [-0.25, -0.2) is 4.79 Å². The summed E-state index contributed by atoms with van der Waals surface area (Å²) in [5.74, 6) is -0.617. The largest absolute Gasteiger partial charge is 0.486 e. The Kier molecular flexibility index (Phi) is 4.65. The third-order valence-electron chi connectivity index (χ3n) is 1.87. The summed E-state index contributed by atoms with van der Waals surface area (Å²) in [6, 6.07) is 5.00. The number of carbonyl (C=O) groups is 1. The van der Waals surface area contributed by atoms with Crippen LogP contribution in [0.2, 0.25) is 10.0 Å². The van der Waals surface area contributed by atoms with Gasteiger partial charge < -0.3 is 9.84 Å². The van der Waals surface area contributed by atoms with E-state index in [9.17, 15) is 4.79 Å². The summed E-state index contributed by atoms with van der Waals surface area (Å²) in [7, 11) is 0. The molecule has 0 saturated carbocycles. The topological polar surface area (TPSA) is 46.5 Å². The van der Waals surface area contributed by atoms with Crippen LogP contribution in [0.1, 0.15) is 6.92 Å². The van der Waals surface area contributed by atoms with Crippen LogP contribution in [0.25, 0.3) is 0 Å². The average molecular weight is 261 g/mol. The summed E-state index contributed by atoms with van der Waals surface area (Å²) in [6.07, 6.45) is 1.45. The van der Waals surface area contributed by atoms with Crippen LogP contribution in [-0.4, -0.2) is 17.7 Å². The van der Waals surface area contributed by atoms with Crippen molar-refractivity contribution in [3.63, 3.8) is 0 Å². The number of hydrogen-bond donors (Lipinski definition) is 1. The maximum atomic E-state index is 10.5. The van der Waals surface area contributed by atoms with E-state index in [4.69, 9.17) is 33.0 Å². The van der Waals surface area contributed by atoms with Gasteiger partial charge in [0.05, 0.1) is 10.0 Å². The molecule has 0 aliphatic rings. The van der Waals surface area contributed by atoms with Gasteiger partial charge in [-0.15, -0.1) is 0 Å². The first-order chi connectivity index (χ1) is 7.52. The van der Waals surface area contributed by atoms with E-state index in [0.717, 1.165) is 0 Å². The second-order valence-electron chi connectivity index (χ2n) is 3.05. The van der Waals surface area contributed by atoms with E-state index in [1.54, 1.807) is 18.2 Å². The van der Waals surface area contributed by atoms with Gasteiger partial charge in [-0.1, -0.05) is 29.3 Å². The van der Waals surface area contributed by atoms with E-state index < -0.39 is 5.97 Å². The summed E-state index contributed by atoms with van der Waals surface area (Å²) in [5, 5.41) is 9.41. The van der Waals surface area contributed by atoms with Crippen LogP contribution >= 0.6 is 23.2 Å². The molecular weight excluding hydrogens is 251 g/mol. The van der Waals surface area contributed by atoms with Crippen LogP contribution in [0.5, 0.6) is 5.75 Å². The van der Waals surface area contributed by atoms with Crippen molar-refractivity contribution < 1.29 is 14.6 Å². The number of hydrogen-bond acceptors (Lipinski definition) is 2. The van der Waals surface area contributed by atoms with Crippen molar-refractivity contribution in [1.82, 2.24) is 0 Å². The number of para-hydroxylation sites is 1. The summed E-state index contributed by atoms with van der Waals surface area (Å²) >= 11 is 11.7. The molecule has 0 saturated heterocycles. The molecule has 0 amide bonds. The van der Waals surface area contributed by atoms with Crippen molar-refractivity contribution in [2.75, 3.05) is 6.61 Å². The Labute approximate surface area is 103 Å². The van der Waals surface area contributed by atoms with Crippen LogP contribution in [0.3, 0.4) is 0 Å². The molecule has 0 heterocycles. The number of aliphatic carboxylic acids is 1. The monoisotopic (exact) mass is 260 g/mol.